The summed E-state index contributed by atoms with van der Waals surface area (Å²) in [5.41, 5.74) is 1.06. The fourth-order valence-corrected chi connectivity index (χ4v) is 3.04. The van der Waals surface area contributed by atoms with Crippen LogP contribution in [-0.2, 0) is 6.42 Å². The summed E-state index contributed by atoms with van der Waals surface area (Å²) < 4.78 is 7.92. The molecule has 0 spiro atoms. The molecule has 0 N–H and O–H groups in total. The van der Waals surface area contributed by atoms with E-state index in [9.17, 15) is 0 Å². The number of nitrogens with zero attached hydrogens (tertiary/aromatic N) is 3. The standard InChI is InChI=1S/C15H17N3OS/c1-4-12-5-6-13(19-12)14-16-7-8-18(14)11(3)15-17-10(2)9-20-15/h5-9,11H,4H2,1-3H3. The number of aromatic nitrogens is 3. The van der Waals surface area contributed by atoms with Crippen molar-refractivity contribution in [1.82, 2.24) is 14.5 Å². The number of hydrogen-bond donors (Lipinski definition) is 0. The van der Waals surface area contributed by atoms with Gasteiger partial charge < -0.3 is 8.98 Å². The van der Waals surface area contributed by atoms with Crippen LogP contribution in [0.15, 0.2) is 34.3 Å². The molecule has 104 valence electrons. The lowest BCUT2D eigenvalue weighted by Gasteiger charge is -2.12. The van der Waals surface area contributed by atoms with Crippen LogP contribution < -0.4 is 0 Å². The van der Waals surface area contributed by atoms with Gasteiger partial charge in [0, 0.05) is 29.9 Å². The molecular weight excluding hydrogens is 270 g/mol. The van der Waals surface area contributed by atoms with Crippen LogP contribution >= 0.6 is 11.3 Å². The second-order valence-corrected chi connectivity index (χ2v) is 5.67. The fourth-order valence-electron chi connectivity index (χ4n) is 2.19. The molecule has 3 aromatic heterocycles. The highest BCUT2D eigenvalue weighted by molar-refractivity contribution is 7.09. The Hall–Kier alpha value is -1.88. The van der Waals surface area contributed by atoms with E-state index >= 15 is 0 Å². The lowest BCUT2D eigenvalue weighted by Crippen LogP contribution is -2.07. The van der Waals surface area contributed by atoms with Crippen molar-refractivity contribution < 1.29 is 4.42 Å². The first kappa shape index (κ1) is 13.1. The topological polar surface area (TPSA) is 43.9 Å². The highest BCUT2D eigenvalue weighted by atomic mass is 32.1. The molecule has 20 heavy (non-hydrogen) atoms. The lowest BCUT2D eigenvalue weighted by atomic mass is 10.3. The van der Waals surface area contributed by atoms with Gasteiger partial charge >= 0.3 is 0 Å². The molecule has 1 unspecified atom stereocenters. The van der Waals surface area contributed by atoms with Gasteiger partial charge in [-0.2, -0.15) is 0 Å². The predicted octanol–water partition coefficient (Wildman–Crippen LogP) is 4.08. The molecule has 0 saturated carbocycles. The smallest absolute Gasteiger partial charge is 0.176 e. The Labute approximate surface area is 122 Å². The van der Waals surface area contributed by atoms with Crippen LogP contribution in [0.5, 0.6) is 0 Å². The number of thiazole rings is 1. The molecule has 0 fully saturated rings. The third-order valence-corrected chi connectivity index (χ3v) is 4.44. The number of aryl methyl sites for hydroxylation is 2. The zero-order chi connectivity index (χ0) is 14.1. The Balaban J connectivity index is 1.97. The zero-order valence-electron chi connectivity index (χ0n) is 11.8. The van der Waals surface area contributed by atoms with Crippen molar-refractivity contribution in [1.29, 1.82) is 0 Å². The van der Waals surface area contributed by atoms with Crippen molar-refractivity contribution in [2.75, 3.05) is 0 Å². The van der Waals surface area contributed by atoms with Gasteiger partial charge in [0.2, 0.25) is 0 Å². The molecule has 0 aliphatic carbocycles. The van der Waals surface area contributed by atoms with Gasteiger partial charge in [-0.15, -0.1) is 11.3 Å². The van der Waals surface area contributed by atoms with Gasteiger partial charge in [0.15, 0.2) is 11.6 Å². The second-order valence-electron chi connectivity index (χ2n) is 4.78. The van der Waals surface area contributed by atoms with Gasteiger partial charge in [0.05, 0.1) is 6.04 Å². The van der Waals surface area contributed by atoms with Crippen LogP contribution in [0.3, 0.4) is 0 Å². The zero-order valence-corrected chi connectivity index (χ0v) is 12.6. The van der Waals surface area contributed by atoms with E-state index in [0.717, 1.165) is 34.5 Å². The van der Waals surface area contributed by atoms with Crippen LogP contribution in [0.2, 0.25) is 0 Å². The molecule has 3 rings (SSSR count). The van der Waals surface area contributed by atoms with Gasteiger partial charge in [-0.1, -0.05) is 6.92 Å². The summed E-state index contributed by atoms with van der Waals surface area (Å²) in [7, 11) is 0. The SMILES string of the molecule is CCc1ccc(-c2nccn2C(C)c2nc(C)cs2)o1. The lowest BCUT2D eigenvalue weighted by molar-refractivity contribution is 0.517. The molecule has 0 aromatic carbocycles. The molecule has 0 aliphatic rings. The predicted molar refractivity (Wildman–Crippen MR) is 80.0 cm³/mol. The highest BCUT2D eigenvalue weighted by Crippen LogP contribution is 2.28. The van der Waals surface area contributed by atoms with Crippen LogP contribution in [0.4, 0.5) is 0 Å². The highest BCUT2D eigenvalue weighted by Gasteiger charge is 2.18. The number of furan rings is 1. The Kier molecular flexibility index (Phi) is 3.44. The maximum absolute atomic E-state index is 5.81. The van der Waals surface area contributed by atoms with Crippen molar-refractivity contribution in [3.8, 4) is 11.6 Å². The van der Waals surface area contributed by atoms with Crippen molar-refractivity contribution in [3.05, 3.63) is 46.4 Å². The van der Waals surface area contributed by atoms with Gasteiger partial charge in [-0.25, -0.2) is 9.97 Å². The molecule has 0 amide bonds. The third-order valence-electron chi connectivity index (χ3n) is 3.31. The summed E-state index contributed by atoms with van der Waals surface area (Å²) in [4.78, 5) is 9.00. The third kappa shape index (κ3) is 2.29. The number of imidazole rings is 1. The van der Waals surface area contributed by atoms with E-state index in [0.29, 0.717) is 0 Å². The van der Waals surface area contributed by atoms with Gasteiger partial charge in [0.1, 0.15) is 10.8 Å². The van der Waals surface area contributed by atoms with E-state index < -0.39 is 0 Å². The molecule has 1 atom stereocenters. The first-order valence-electron chi connectivity index (χ1n) is 6.73. The minimum atomic E-state index is 0.154. The van der Waals surface area contributed by atoms with E-state index in [1.807, 2.05) is 25.3 Å². The van der Waals surface area contributed by atoms with Crippen molar-refractivity contribution in [2.24, 2.45) is 0 Å². The van der Waals surface area contributed by atoms with E-state index in [2.05, 4.69) is 33.8 Å². The van der Waals surface area contributed by atoms with Crippen molar-refractivity contribution in [2.45, 2.75) is 33.2 Å². The average molecular weight is 287 g/mol. The fraction of sp³-hybridized carbons (Fsp3) is 0.333. The minimum absolute atomic E-state index is 0.154. The molecule has 0 aliphatic heterocycles. The van der Waals surface area contributed by atoms with Gasteiger partial charge in [0.25, 0.3) is 0 Å². The quantitative estimate of drug-likeness (QED) is 0.726. The summed E-state index contributed by atoms with van der Waals surface area (Å²) in [5.74, 6) is 2.64. The molecule has 4 nitrogen and oxygen atoms in total. The monoisotopic (exact) mass is 287 g/mol. The number of rotatable bonds is 4. The van der Waals surface area contributed by atoms with Crippen molar-refractivity contribution in [3.63, 3.8) is 0 Å². The van der Waals surface area contributed by atoms with E-state index in [1.54, 1.807) is 17.5 Å². The largest absolute Gasteiger partial charge is 0.458 e. The summed E-state index contributed by atoms with van der Waals surface area (Å²) in [6, 6.07) is 4.14. The molecule has 3 aromatic rings. The van der Waals surface area contributed by atoms with Crippen LogP contribution in [-0.4, -0.2) is 14.5 Å². The summed E-state index contributed by atoms with van der Waals surface area (Å²) >= 11 is 1.68. The molecule has 0 radical (unpaired) electrons. The Morgan fingerprint density at radius 2 is 2.25 bits per heavy atom. The summed E-state index contributed by atoms with van der Waals surface area (Å²) in [6.45, 7) is 6.23. The molecule has 0 bridgehead atoms. The Morgan fingerprint density at radius 1 is 1.40 bits per heavy atom. The van der Waals surface area contributed by atoms with Crippen LogP contribution in [0.1, 0.15) is 36.4 Å². The normalized spacial score (nSPS) is 12.8. The number of hydrogen-bond acceptors (Lipinski definition) is 4. The molecule has 3 heterocycles. The Bertz CT molecular complexity index is 710. The van der Waals surface area contributed by atoms with Crippen molar-refractivity contribution >= 4 is 11.3 Å². The van der Waals surface area contributed by atoms with Gasteiger partial charge in [-0.05, 0) is 26.0 Å². The van der Waals surface area contributed by atoms with E-state index in [1.165, 1.54) is 0 Å². The molecule has 0 saturated heterocycles. The van der Waals surface area contributed by atoms with Crippen LogP contribution in [0.25, 0.3) is 11.6 Å². The summed E-state index contributed by atoms with van der Waals surface area (Å²) in [5, 5.41) is 3.16. The van der Waals surface area contributed by atoms with Gasteiger partial charge in [-0.3, -0.25) is 0 Å². The second kappa shape index (κ2) is 5.25. The Morgan fingerprint density at radius 3 is 2.90 bits per heavy atom. The summed E-state index contributed by atoms with van der Waals surface area (Å²) in [6.07, 6.45) is 4.67. The molecular formula is C15H17N3OS. The maximum atomic E-state index is 5.81. The minimum Gasteiger partial charge on any atom is -0.458 e. The van der Waals surface area contributed by atoms with E-state index in [-0.39, 0.29) is 6.04 Å². The van der Waals surface area contributed by atoms with Crippen LogP contribution in [0, 0.1) is 6.92 Å². The van der Waals surface area contributed by atoms with E-state index in [4.69, 9.17) is 4.42 Å². The average Bonchev–Trinajstić information content (AvgIpc) is 3.17. The maximum Gasteiger partial charge on any atom is 0.176 e. The first-order chi connectivity index (χ1) is 9.69. The molecule has 5 heteroatoms. The first-order valence-corrected chi connectivity index (χ1v) is 7.61.